The number of rotatable bonds is 6. The minimum atomic E-state index is -0.385. The molecule has 0 radical (unpaired) electrons. The normalized spacial score (nSPS) is 11.6. The maximum Gasteiger partial charge on any atom is 0.333 e. The van der Waals surface area contributed by atoms with E-state index in [0.29, 0.717) is 18.6 Å². The van der Waals surface area contributed by atoms with Gasteiger partial charge in [0.05, 0.1) is 13.7 Å². The highest BCUT2D eigenvalue weighted by atomic mass is 16.5. The molecule has 0 N–H and O–H groups in total. The largest absolute Gasteiger partial charge is 0.469 e. The molecule has 0 aliphatic heterocycles. The highest BCUT2D eigenvalue weighted by molar-refractivity contribution is 5.89. The van der Waals surface area contributed by atoms with Gasteiger partial charge in [-0.1, -0.05) is 18.2 Å². The predicted octanol–water partition coefficient (Wildman–Crippen LogP) is 2.01. The molecule has 0 bridgehead atoms. The second-order valence-corrected chi connectivity index (χ2v) is 3.01. The molecule has 0 aliphatic carbocycles. The second kappa shape index (κ2) is 8.71. The molecule has 0 spiro atoms. The summed E-state index contributed by atoms with van der Waals surface area (Å²) >= 11 is 0. The van der Waals surface area contributed by atoms with Crippen molar-refractivity contribution >= 4 is 11.9 Å². The lowest BCUT2D eigenvalue weighted by Crippen LogP contribution is -2.10. The average Bonchev–Trinajstić information content (AvgIpc) is 2.29. The maximum atomic E-state index is 11.5. The van der Waals surface area contributed by atoms with Gasteiger partial charge in [-0.25, -0.2) is 4.79 Å². The van der Waals surface area contributed by atoms with Gasteiger partial charge in [-0.3, -0.25) is 4.79 Å². The lowest BCUT2D eigenvalue weighted by Gasteiger charge is -2.05. The first kappa shape index (κ1) is 14.4. The highest BCUT2D eigenvalue weighted by Gasteiger charge is 2.11. The standard InChI is InChI=1S/C12H18O4/c1-4-6-7-10(12(14)16-5-2)8-9-11(13)15-3/h4,6-7H,5,8-9H2,1-3H3/b6-4+,10-7+. The minimum absolute atomic E-state index is 0.179. The van der Waals surface area contributed by atoms with E-state index in [9.17, 15) is 9.59 Å². The van der Waals surface area contributed by atoms with Crippen molar-refractivity contribution in [2.24, 2.45) is 0 Å². The molecule has 90 valence electrons. The van der Waals surface area contributed by atoms with Crippen LogP contribution in [-0.4, -0.2) is 25.7 Å². The number of hydrogen-bond donors (Lipinski definition) is 0. The fourth-order valence-electron chi connectivity index (χ4n) is 1.03. The molecule has 0 heterocycles. The number of ether oxygens (including phenoxy) is 2. The van der Waals surface area contributed by atoms with Gasteiger partial charge >= 0.3 is 11.9 Å². The van der Waals surface area contributed by atoms with E-state index < -0.39 is 0 Å². The van der Waals surface area contributed by atoms with E-state index in [4.69, 9.17) is 4.74 Å². The third-order valence-corrected chi connectivity index (χ3v) is 1.85. The summed E-state index contributed by atoms with van der Waals surface area (Å²) in [6, 6.07) is 0. The Morgan fingerprint density at radius 2 is 1.94 bits per heavy atom. The van der Waals surface area contributed by atoms with E-state index >= 15 is 0 Å². The van der Waals surface area contributed by atoms with Crippen molar-refractivity contribution in [3.8, 4) is 0 Å². The molecule has 0 rings (SSSR count). The van der Waals surface area contributed by atoms with E-state index in [1.54, 1.807) is 25.2 Å². The van der Waals surface area contributed by atoms with Crippen molar-refractivity contribution in [1.29, 1.82) is 0 Å². The van der Waals surface area contributed by atoms with Crippen LogP contribution in [0.5, 0.6) is 0 Å². The van der Waals surface area contributed by atoms with E-state index in [1.807, 2.05) is 6.92 Å². The van der Waals surface area contributed by atoms with Gasteiger partial charge < -0.3 is 9.47 Å². The Labute approximate surface area is 95.9 Å². The van der Waals surface area contributed by atoms with E-state index in [2.05, 4.69) is 4.74 Å². The summed E-state index contributed by atoms with van der Waals surface area (Å²) < 4.78 is 9.38. The Balaban J connectivity index is 4.44. The summed E-state index contributed by atoms with van der Waals surface area (Å²) in [6.45, 7) is 3.91. The molecule has 4 heteroatoms. The van der Waals surface area contributed by atoms with E-state index in [-0.39, 0.29) is 18.4 Å². The molecule has 0 saturated heterocycles. The monoisotopic (exact) mass is 226 g/mol. The Morgan fingerprint density at radius 1 is 1.25 bits per heavy atom. The first-order valence-corrected chi connectivity index (χ1v) is 5.21. The van der Waals surface area contributed by atoms with Gasteiger partial charge in [0.1, 0.15) is 0 Å². The van der Waals surface area contributed by atoms with Gasteiger partial charge in [-0.2, -0.15) is 0 Å². The lowest BCUT2D eigenvalue weighted by molar-refractivity contribution is -0.140. The van der Waals surface area contributed by atoms with E-state index in [1.165, 1.54) is 7.11 Å². The van der Waals surface area contributed by atoms with Gasteiger partial charge in [-0.05, 0) is 20.3 Å². The molecule has 0 aromatic heterocycles. The molecule has 0 fully saturated rings. The zero-order chi connectivity index (χ0) is 12.4. The molecule has 0 amide bonds. The van der Waals surface area contributed by atoms with Gasteiger partial charge in [0, 0.05) is 12.0 Å². The molecule has 0 atom stereocenters. The van der Waals surface area contributed by atoms with Crippen LogP contribution in [0.1, 0.15) is 26.7 Å². The van der Waals surface area contributed by atoms with Crippen LogP contribution in [0.4, 0.5) is 0 Å². The number of carbonyl (C=O) groups is 2. The lowest BCUT2D eigenvalue weighted by atomic mass is 10.1. The number of allylic oxidation sites excluding steroid dienone is 3. The van der Waals surface area contributed by atoms with Gasteiger partial charge in [0.15, 0.2) is 0 Å². The van der Waals surface area contributed by atoms with Crippen molar-refractivity contribution in [1.82, 2.24) is 0 Å². The third kappa shape index (κ3) is 6.01. The zero-order valence-electron chi connectivity index (χ0n) is 9.99. The second-order valence-electron chi connectivity index (χ2n) is 3.01. The fraction of sp³-hybridized carbons (Fsp3) is 0.500. The van der Waals surface area contributed by atoms with Crippen LogP contribution in [0.25, 0.3) is 0 Å². The number of hydrogen-bond acceptors (Lipinski definition) is 4. The summed E-state index contributed by atoms with van der Waals surface area (Å²) in [6.07, 6.45) is 5.70. The smallest absolute Gasteiger partial charge is 0.333 e. The summed E-state index contributed by atoms with van der Waals surface area (Å²) in [5.74, 6) is -0.722. The molecule has 0 aromatic carbocycles. The maximum absolute atomic E-state index is 11.5. The van der Waals surface area contributed by atoms with Gasteiger partial charge in [-0.15, -0.1) is 0 Å². The molecule has 0 aliphatic rings. The summed E-state index contributed by atoms with van der Waals surface area (Å²) in [5, 5.41) is 0. The molecule has 0 unspecified atom stereocenters. The third-order valence-electron chi connectivity index (χ3n) is 1.85. The Morgan fingerprint density at radius 3 is 2.44 bits per heavy atom. The minimum Gasteiger partial charge on any atom is -0.469 e. The fourth-order valence-corrected chi connectivity index (χ4v) is 1.03. The van der Waals surface area contributed by atoms with Crippen LogP contribution in [0.3, 0.4) is 0 Å². The molecule has 0 saturated carbocycles. The van der Waals surface area contributed by atoms with Gasteiger partial charge in [0.2, 0.25) is 0 Å². The summed E-state index contributed by atoms with van der Waals surface area (Å²) in [7, 11) is 1.32. The topological polar surface area (TPSA) is 52.6 Å². The van der Waals surface area contributed by atoms with Gasteiger partial charge in [0.25, 0.3) is 0 Å². The summed E-state index contributed by atoms with van der Waals surface area (Å²) in [5.41, 5.74) is 0.477. The molecular formula is C12H18O4. The quantitative estimate of drug-likeness (QED) is 0.395. The molecular weight excluding hydrogens is 208 g/mol. The zero-order valence-corrected chi connectivity index (χ0v) is 9.99. The van der Waals surface area contributed by atoms with Crippen LogP contribution in [0.2, 0.25) is 0 Å². The predicted molar refractivity (Wildman–Crippen MR) is 60.8 cm³/mol. The van der Waals surface area contributed by atoms with E-state index in [0.717, 1.165) is 0 Å². The van der Waals surface area contributed by atoms with Crippen LogP contribution in [0.15, 0.2) is 23.8 Å². The van der Waals surface area contributed by atoms with Crippen LogP contribution in [0, 0.1) is 0 Å². The van der Waals surface area contributed by atoms with Crippen molar-refractivity contribution in [2.75, 3.05) is 13.7 Å². The van der Waals surface area contributed by atoms with Crippen molar-refractivity contribution in [2.45, 2.75) is 26.7 Å². The average molecular weight is 226 g/mol. The van der Waals surface area contributed by atoms with Crippen LogP contribution < -0.4 is 0 Å². The Bertz CT molecular complexity index is 289. The molecule has 4 nitrogen and oxygen atoms in total. The van der Waals surface area contributed by atoms with Crippen molar-refractivity contribution < 1.29 is 19.1 Å². The van der Waals surface area contributed by atoms with Crippen molar-refractivity contribution in [3.63, 3.8) is 0 Å². The number of carbonyl (C=O) groups excluding carboxylic acids is 2. The molecule has 0 aromatic rings. The van der Waals surface area contributed by atoms with Crippen LogP contribution in [-0.2, 0) is 19.1 Å². The molecule has 16 heavy (non-hydrogen) atoms. The SMILES string of the molecule is C/C=C/C=C(\CCC(=O)OC)C(=O)OCC. The summed E-state index contributed by atoms with van der Waals surface area (Å²) in [4.78, 5) is 22.4. The first-order valence-electron chi connectivity index (χ1n) is 5.21. The number of esters is 2. The Kier molecular flexibility index (Phi) is 7.85. The Hall–Kier alpha value is -1.58. The number of methoxy groups -OCH3 is 1. The first-order chi connectivity index (χ1) is 7.65. The van der Waals surface area contributed by atoms with Crippen molar-refractivity contribution in [3.05, 3.63) is 23.8 Å². The highest BCUT2D eigenvalue weighted by Crippen LogP contribution is 2.09. The van der Waals surface area contributed by atoms with Crippen LogP contribution >= 0.6 is 0 Å².